The minimum Gasteiger partial charge on any atom is -0.388 e. The van der Waals surface area contributed by atoms with Crippen molar-refractivity contribution in [1.82, 2.24) is 4.72 Å². The molecule has 0 heterocycles. The van der Waals surface area contributed by atoms with Crippen molar-refractivity contribution in [3.8, 4) is 0 Å². The molecule has 0 aliphatic carbocycles. The van der Waals surface area contributed by atoms with Crippen LogP contribution in [0, 0.1) is 5.82 Å². The Morgan fingerprint density at radius 1 is 1.10 bits per heavy atom. The molecule has 0 aliphatic heterocycles. The molecule has 21 heavy (non-hydrogen) atoms. The number of halogens is 1. The van der Waals surface area contributed by atoms with Crippen molar-refractivity contribution in [2.24, 2.45) is 0 Å². The highest BCUT2D eigenvalue weighted by molar-refractivity contribution is 7.89. The molecule has 0 amide bonds. The SMILES string of the molecule is CNc1ccc(S(=O)(=O)NC(C)c2cccc(F)c2)cc1. The molecule has 0 spiro atoms. The Hall–Kier alpha value is -1.92. The molecule has 0 saturated carbocycles. The molecule has 0 radical (unpaired) electrons. The molecule has 112 valence electrons. The van der Waals surface area contributed by atoms with Gasteiger partial charge in [0.2, 0.25) is 10.0 Å². The average molecular weight is 308 g/mol. The Labute approximate surface area is 124 Å². The van der Waals surface area contributed by atoms with E-state index in [2.05, 4.69) is 10.0 Å². The van der Waals surface area contributed by atoms with Crippen LogP contribution in [0.15, 0.2) is 53.4 Å². The summed E-state index contributed by atoms with van der Waals surface area (Å²) in [6.07, 6.45) is 0. The van der Waals surface area contributed by atoms with Crippen molar-refractivity contribution >= 4 is 15.7 Å². The van der Waals surface area contributed by atoms with E-state index in [-0.39, 0.29) is 4.90 Å². The van der Waals surface area contributed by atoms with Crippen molar-refractivity contribution in [2.45, 2.75) is 17.9 Å². The second-order valence-corrected chi connectivity index (χ2v) is 6.39. The summed E-state index contributed by atoms with van der Waals surface area (Å²) in [6, 6.07) is 11.8. The van der Waals surface area contributed by atoms with Crippen LogP contribution in [0.4, 0.5) is 10.1 Å². The minimum absolute atomic E-state index is 0.171. The molecular formula is C15H17FN2O2S. The fourth-order valence-electron chi connectivity index (χ4n) is 1.95. The maximum atomic E-state index is 13.2. The van der Waals surface area contributed by atoms with Gasteiger partial charge < -0.3 is 5.32 Å². The highest BCUT2D eigenvalue weighted by atomic mass is 32.2. The molecule has 1 atom stereocenters. The Morgan fingerprint density at radius 2 is 1.76 bits per heavy atom. The van der Waals surface area contributed by atoms with Crippen molar-refractivity contribution < 1.29 is 12.8 Å². The third kappa shape index (κ3) is 3.80. The zero-order valence-corrected chi connectivity index (χ0v) is 12.6. The largest absolute Gasteiger partial charge is 0.388 e. The summed E-state index contributed by atoms with van der Waals surface area (Å²) < 4.78 is 40.3. The van der Waals surface area contributed by atoms with Gasteiger partial charge in [0.05, 0.1) is 4.90 Å². The number of anilines is 1. The Bertz CT molecular complexity index is 715. The molecule has 0 bridgehead atoms. The van der Waals surface area contributed by atoms with Gasteiger partial charge in [-0.05, 0) is 48.9 Å². The molecule has 6 heteroatoms. The monoisotopic (exact) mass is 308 g/mol. The van der Waals surface area contributed by atoms with Crippen LogP contribution in [0.5, 0.6) is 0 Å². The third-order valence-corrected chi connectivity index (χ3v) is 4.69. The number of hydrogen-bond acceptors (Lipinski definition) is 3. The lowest BCUT2D eigenvalue weighted by molar-refractivity contribution is 0.564. The van der Waals surface area contributed by atoms with Gasteiger partial charge in [0.1, 0.15) is 5.82 Å². The Morgan fingerprint density at radius 3 is 2.33 bits per heavy atom. The van der Waals surface area contributed by atoms with Crippen LogP contribution in [0.2, 0.25) is 0 Å². The van der Waals surface area contributed by atoms with Crippen molar-refractivity contribution in [1.29, 1.82) is 0 Å². The summed E-state index contributed by atoms with van der Waals surface area (Å²) in [5, 5.41) is 2.92. The molecule has 0 aromatic heterocycles. The van der Waals surface area contributed by atoms with Gasteiger partial charge in [0.15, 0.2) is 0 Å². The predicted molar refractivity (Wildman–Crippen MR) is 81.1 cm³/mol. The topological polar surface area (TPSA) is 58.2 Å². The van der Waals surface area contributed by atoms with E-state index < -0.39 is 21.9 Å². The van der Waals surface area contributed by atoms with E-state index in [0.29, 0.717) is 5.56 Å². The summed E-state index contributed by atoms with van der Waals surface area (Å²) in [4.78, 5) is 0.171. The molecule has 2 aromatic rings. The summed E-state index contributed by atoms with van der Waals surface area (Å²) in [7, 11) is -1.89. The van der Waals surface area contributed by atoms with Crippen LogP contribution < -0.4 is 10.0 Å². The van der Waals surface area contributed by atoms with Crippen LogP contribution in [0.3, 0.4) is 0 Å². The number of hydrogen-bond donors (Lipinski definition) is 2. The molecular weight excluding hydrogens is 291 g/mol. The third-order valence-electron chi connectivity index (χ3n) is 3.13. The van der Waals surface area contributed by atoms with E-state index in [0.717, 1.165) is 5.69 Å². The molecule has 0 saturated heterocycles. The normalized spacial score (nSPS) is 12.9. The molecule has 0 aliphatic rings. The van der Waals surface area contributed by atoms with Crippen LogP contribution in [0.25, 0.3) is 0 Å². The Balaban J connectivity index is 2.20. The second kappa shape index (κ2) is 6.24. The highest BCUT2D eigenvalue weighted by Crippen LogP contribution is 2.19. The van der Waals surface area contributed by atoms with E-state index >= 15 is 0 Å². The lowest BCUT2D eigenvalue weighted by Gasteiger charge is -2.15. The summed E-state index contributed by atoms with van der Waals surface area (Å²) >= 11 is 0. The molecule has 0 fully saturated rings. The van der Waals surface area contributed by atoms with Crippen LogP contribution >= 0.6 is 0 Å². The molecule has 2 N–H and O–H groups in total. The van der Waals surface area contributed by atoms with E-state index in [1.165, 1.54) is 24.3 Å². The van der Waals surface area contributed by atoms with Crippen LogP contribution in [-0.2, 0) is 10.0 Å². The summed E-state index contributed by atoms with van der Waals surface area (Å²) in [5.41, 5.74) is 1.40. The first kappa shape index (κ1) is 15.5. The Kier molecular flexibility index (Phi) is 4.59. The molecule has 4 nitrogen and oxygen atoms in total. The smallest absolute Gasteiger partial charge is 0.241 e. The van der Waals surface area contributed by atoms with E-state index in [4.69, 9.17) is 0 Å². The zero-order valence-electron chi connectivity index (χ0n) is 11.8. The maximum Gasteiger partial charge on any atom is 0.241 e. The summed E-state index contributed by atoms with van der Waals surface area (Å²) in [6.45, 7) is 1.67. The molecule has 2 aromatic carbocycles. The van der Waals surface area contributed by atoms with Gasteiger partial charge in [-0.3, -0.25) is 0 Å². The summed E-state index contributed by atoms with van der Waals surface area (Å²) in [5.74, 6) is -0.392. The van der Waals surface area contributed by atoms with Gasteiger partial charge in [-0.2, -0.15) is 0 Å². The van der Waals surface area contributed by atoms with Crippen molar-refractivity contribution in [3.63, 3.8) is 0 Å². The first-order chi connectivity index (χ1) is 9.92. The fourth-order valence-corrected chi connectivity index (χ4v) is 3.18. The molecule has 2 rings (SSSR count). The maximum absolute atomic E-state index is 13.2. The van der Waals surface area contributed by atoms with Gasteiger partial charge in [0.25, 0.3) is 0 Å². The van der Waals surface area contributed by atoms with Gasteiger partial charge >= 0.3 is 0 Å². The van der Waals surface area contributed by atoms with Crippen LogP contribution in [0.1, 0.15) is 18.5 Å². The highest BCUT2D eigenvalue weighted by Gasteiger charge is 2.18. The predicted octanol–water partition coefficient (Wildman–Crippen LogP) is 2.91. The lowest BCUT2D eigenvalue weighted by atomic mass is 10.1. The quantitative estimate of drug-likeness (QED) is 0.893. The number of sulfonamides is 1. The number of rotatable bonds is 5. The number of nitrogens with one attached hydrogen (secondary N) is 2. The van der Waals surface area contributed by atoms with Gasteiger partial charge in [0, 0.05) is 18.8 Å². The van der Waals surface area contributed by atoms with Crippen LogP contribution in [-0.4, -0.2) is 15.5 Å². The minimum atomic E-state index is -3.65. The lowest BCUT2D eigenvalue weighted by Crippen LogP contribution is -2.26. The van der Waals surface area contributed by atoms with Gasteiger partial charge in [-0.15, -0.1) is 0 Å². The second-order valence-electron chi connectivity index (χ2n) is 4.67. The van der Waals surface area contributed by atoms with Crippen molar-refractivity contribution in [2.75, 3.05) is 12.4 Å². The zero-order chi connectivity index (χ0) is 15.5. The van der Waals surface area contributed by atoms with Gasteiger partial charge in [-0.1, -0.05) is 12.1 Å². The van der Waals surface area contributed by atoms with Gasteiger partial charge in [-0.25, -0.2) is 17.5 Å². The fraction of sp³-hybridized carbons (Fsp3) is 0.200. The standard InChI is InChI=1S/C15H17FN2O2S/c1-11(12-4-3-5-13(16)10-12)18-21(19,20)15-8-6-14(17-2)7-9-15/h3-11,17-18H,1-2H3. The van der Waals surface area contributed by atoms with E-state index in [1.54, 1.807) is 38.2 Å². The van der Waals surface area contributed by atoms with E-state index in [1.807, 2.05) is 0 Å². The first-order valence-electron chi connectivity index (χ1n) is 6.48. The van der Waals surface area contributed by atoms with E-state index in [9.17, 15) is 12.8 Å². The first-order valence-corrected chi connectivity index (χ1v) is 7.96. The number of benzene rings is 2. The molecule has 1 unspecified atom stereocenters. The average Bonchev–Trinajstić information content (AvgIpc) is 2.47. The van der Waals surface area contributed by atoms with Crippen molar-refractivity contribution in [3.05, 3.63) is 59.9 Å².